The van der Waals surface area contributed by atoms with E-state index >= 15 is 0 Å². The van der Waals surface area contributed by atoms with E-state index in [0.717, 1.165) is 9.20 Å². The number of hydrogen-bond donors (Lipinski definition) is 1. The Bertz CT molecular complexity index is 869. The summed E-state index contributed by atoms with van der Waals surface area (Å²) in [7, 11) is -0.777. The molecule has 0 radical (unpaired) electrons. The molecule has 0 spiro atoms. The zero-order chi connectivity index (χ0) is 19.9. The number of amides is 1. The fourth-order valence-electron chi connectivity index (χ4n) is 2.26. The molecule has 2 aromatic carbocycles. The first-order valence-corrected chi connectivity index (χ1v) is 10.9. The molecule has 8 heteroatoms. The van der Waals surface area contributed by atoms with Crippen molar-refractivity contribution in [1.82, 2.24) is 4.31 Å². The molecule has 1 amide bonds. The van der Waals surface area contributed by atoms with Gasteiger partial charge in [0, 0.05) is 36.9 Å². The lowest BCUT2D eigenvalue weighted by atomic mass is 10.3. The van der Waals surface area contributed by atoms with E-state index in [2.05, 4.69) is 5.32 Å². The number of carbonyl (C=O) groups excluding carboxylic acids is 1. The first kappa shape index (κ1) is 21.3. The minimum Gasteiger partial charge on any atom is -0.492 e. The maximum atomic E-state index is 12.5. The van der Waals surface area contributed by atoms with Crippen LogP contribution in [0.3, 0.4) is 0 Å². The molecular formula is C19H24N2O4S2. The summed E-state index contributed by atoms with van der Waals surface area (Å²) in [6, 6.07) is 14.5. The second-order valence-electron chi connectivity index (χ2n) is 5.84. The van der Waals surface area contributed by atoms with Crippen molar-refractivity contribution in [3.05, 3.63) is 48.5 Å². The van der Waals surface area contributed by atoms with Crippen molar-refractivity contribution in [3.8, 4) is 5.75 Å². The summed E-state index contributed by atoms with van der Waals surface area (Å²) in [5.74, 6) is 0.732. The number of anilines is 1. The Morgan fingerprint density at radius 1 is 1.15 bits per heavy atom. The molecule has 0 aromatic heterocycles. The Morgan fingerprint density at radius 3 is 2.48 bits per heavy atom. The van der Waals surface area contributed by atoms with Crippen molar-refractivity contribution in [2.75, 3.05) is 31.8 Å². The van der Waals surface area contributed by atoms with Crippen LogP contribution in [0.25, 0.3) is 0 Å². The Balaban J connectivity index is 2.06. The van der Waals surface area contributed by atoms with E-state index in [1.807, 2.05) is 30.3 Å². The molecule has 0 aliphatic rings. The number of benzene rings is 2. The van der Waals surface area contributed by atoms with E-state index in [1.54, 1.807) is 30.8 Å². The third-order valence-corrected chi connectivity index (χ3v) is 6.48. The van der Waals surface area contributed by atoms with Crippen molar-refractivity contribution < 1.29 is 17.9 Å². The zero-order valence-electron chi connectivity index (χ0n) is 15.6. The number of hydrogen-bond acceptors (Lipinski definition) is 5. The van der Waals surface area contributed by atoms with Gasteiger partial charge in [0.25, 0.3) is 0 Å². The molecule has 0 unspecified atom stereocenters. The summed E-state index contributed by atoms with van der Waals surface area (Å²) in [5, 5.41) is 2.76. The lowest BCUT2D eigenvalue weighted by molar-refractivity contribution is -0.115. The van der Waals surface area contributed by atoms with Crippen molar-refractivity contribution >= 4 is 33.4 Å². The van der Waals surface area contributed by atoms with Crippen LogP contribution in [0.1, 0.15) is 13.3 Å². The highest BCUT2D eigenvalue weighted by Crippen LogP contribution is 2.29. The molecule has 0 saturated carbocycles. The second kappa shape index (κ2) is 9.77. The number of ether oxygens (including phenoxy) is 1. The van der Waals surface area contributed by atoms with E-state index in [0.29, 0.717) is 24.5 Å². The van der Waals surface area contributed by atoms with Crippen LogP contribution in [0.4, 0.5) is 5.69 Å². The molecule has 2 rings (SSSR count). The molecule has 6 nitrogen and oxygen atoms in total. The van der Waals surface area contributed by atoms with Crippen LogP contribution in [0, 0.1) is 0 Å². The van der Waals surface area contributed by atoms with Gasteiger partial charge in [-0.15, -0.1) is 11.8 Å². The molecule has 0 atom stereocenters. The van der Waals surface area contributed by atoms with Gasteiger partial charge in [0.2, 0.25) is 15.9 Å². The van der Waals surface area contributed by atoms with Crippen LogP contribution in [0.15, 0.2) is 58.3 Å². The molecular weight excluding hydrogens is 384 g/mol. The largest absolute Gasteiger partial charge is 0.492 e. The van der Waals surface area contributed by atoms with Gasteiger partial charge >= 0.3 is 0 Å². The molecule has 0 saturated heterocycles. The molecule has 0 fully saturated rings. The van der Waals surface area contributed by atoms with Crippen molar-refractivity contribution in [2.24, 2.45) is 0 Å². The lowest BCUT2D eigenvalue weighted by Crippen LogP contribution is -2.23. The molecule has 1 N–H and O–H groups in total. The minimum atomic E-state index is -3.69. The van der Waals surface area contributed by atoms with Crippen LogP contribution in [0.5, 0.6) is 5.75 Å². The van der Waals surface area contributed by atoms with Gasteiger partial charge in [-0.2, -0.15) is 0 Å². The number of carbonyl (C=O) groups is 1. The lowest BCUT2D eigenvalue weighted by Gasteiger charge is -2.16. The first-order valence-electron chi connectivity index (χ1n) is 8.51. The van der Waals surface area contributed by atoms with Crippen LogP contribution in [-0.2, 0) is 14.8 Å². The Labute approximate surface area is 165 Å². The van der Waals surface area contributed by atoms with Crippen LogP contribution in [0.2, 0.25) is 0 Å². The summed E-state index contributed by atoms with van der Waals surface area (Å²) < 4.78 is 31.6. The predicted octanol–water partition coefficient (Wildman–Crippen LogP) is 3.46. The summed E-state index contributed by atoms with van der Waals surface area (Å²) in [6.45, 7) is 2.13. The molecule has 146 valence electrons. The van der Waals surface area contributed by atoms with Gasteiger partial charge in [-0.3, -0.25) is 4.79 Å². The van der Waals surface area contributed by atoms with E-state index < -0.39 is 10.0 Å². The van der Waals surface area contributed by atoms with E-state index in [1.165, 1.54) is 20.2 Å². The van der Waals surface area contributed by atoms with E-state index in [-0.39, 0.29) is 16.6 Å². The molecule has 0 aliphatic heterocycles. The molecule has 0 aliphatic carbocycles. The smallest absolute Gasteiger partial charge is 0.246 e. The van der Waals surface area contributed by atoms with Crippen LogP contribution >= 0.6 is 11.8 Å². The fourth-order valence-corrected chi connectivity index (χ4v) is 4.18. The highest BCUT2D eigenvalue weighted by molar-refractivity contribution is 7.99. The highest BCUT2D eigenvalue weighted by atomic mass is 32.2. The number of rotatable bonds is 9. The van der Waals surface area contributed by atoms with Crippen molar-refractivity contribution in [3.63, 3.8) is 0 Å². The Morgan fingerprint density at radius 2 is 1.85 bits per heavy atom. The van der Waals surface area contributed by atoms with Crippen LogP contribution in [-0.4, -0.2) is 45.1 Å². The second-order valence-corrected chi connectivity index (χ2v) is 9.13. The average molecular weight is 409 g/mol. The summed E-state index contributed by atoms with van der Waals surface area (Å²) in [5.41, 5.74) is 0.425. The topological polar surface area (TPSA) is 75.7 Å². The third kappa shape index (κ3) is 5.98. The number of thioether (sulfide) groups is 1. The first-order chi connectivity index (χ1) is 12.8. The maximum Gasteiger partial charge on any atom is 0.246 e. The van der Waals surface area contributed by atoms with E-state index in [4.69, 9.17) is 4.74 Å². The molecule has 27 heavy (non-hydrogen) atoms. The van der Waals surface area contributed by atoms with Gasteiger partial charge in [-0.25, -0.2) is 12.7 Å². The van der Waals surface area contributed by atoms with Gasteiger partial charge in [-0.1, -0.05) is 18.2 Å². The Kier molecular flexibility index (Phi) is 7.70. The van der Waals surface area contributed by atoms with Gasteiger partial charge in [0.05, 0.1) is 6.61 Å². The minimum absolute atomic E-state index is 0.0332. The third-order valence-electron chi connectivity index (χ3n) is 3.63. The van der Waals surface area contributed by atoms with E-state index in [9.17, 15) is 13.2 Å². The molecule has 0 bridgehead atoms. The zero-order valence-corrected chi connectivity index (χ0v) is 17.3. The van der Waals surface area contributed by atoms with Crippen molar-refractivity contribution in [1.29, 1.82) is 0 Å². The summed E-state index contributed by atoms with van der Waals surface area (Å²) in [6.07, 6.45) is 0.322. The van der Waals surface area contributed by atoms with Crippen LogP contribution < -0.4 is 10.1 Å². The maximum absolute atomic E-state index is 12.5. The number of nitrogens with zero attached hydrogens (tertiary/aromatic N) is 1. The standard InChI is InChI=1S/C19H24N2O4S2/c1-4-25-17-11-10-15(14-18(17)27(23,24)21(2)3)20-19(22)12-13-26-16-8-6-5-7-9-16/h5-11,14H,4,12-13H2,1-3H3,(H,20,22). The Hall–Kier alpha value is -2.03. The number of sulfonamides is 1. The quantitative estimate of drug-likeness (QED) is 0.643. The van der Waals surface area contributed by atoms with Gasteiger partial charge in [0.1, 0.15) is 10.6 Å². The average Bonchev–Trinajstić information content (AvgIpc) is 2.64. The van der Waals surface area contributed by atoms with Gasteiger partial charge < -0.3 is 10.1 Å². The fraction of sp³-hybridized carbons (Fsp3) is 0.316. The summed E-state index contributed by atoms with van der Waals surface area (Å²) in [4.78, 5) is 13.3. The predicted molar refractivity (Wildman–Crippen MR) is 109 cm³/mol. The molecule has 0 heterocycles. The van der Waals surface area contributed by atoms with Crippen molar-refractivity contribution in [2.45, 2.75) is 23.1 Å². The monoisotopic (exact) mass is 408 g/mol. The molecule has 2 aromatic rings. The van der Waals surface area contributed by atoms with Gasteiger partial charge in [-0.05, 0) is 37.3 Å². The SMILES string of the molecule is CCOc1ccc(NC(=O)CCSc2ccccc2)cc1S(=O)(=O)N(C)C. The van der Waals surface area contributed by atoms with Gasteiger partial charge in [0.15, 0.2) is 0 Å². The normalized spacial score (nSPS) is 11.4. The highest BCUT2D eigenvalue weighted by Gasteiger charge is 2.23. The summed E-state index contributed by atoms with van der Waals surface area (Å²) >= 11 is 1.60. The number of nitrogens with one attached hydrogen (secondary N) is 1.